The van der Waals surface area contributed by atoms with E-state index in [4.69, 9.17) is 10.5 Å². The van der Waals surface area contributed by atoms with Crippen LogP contribution >= 0.6 is 0 Å². The third kappa shape index (κ3) is 6.13. The van der Waals surface area contributed by atoms with Crippen LogP contribution in [-0.2, 0) is 4.74 Å². The monoisotopic (exact) mass is 313 g/mol. The Balaban J connectivity index is 2.92. The minimum absolute atomic E-state index is 0.00457. The molecule has 1 heterocycles. The van der Waals surface area contributed by atoms with E-state index in [1.54, 1.807) is 0 Å². The molecule has 0 atom stereocenters. The second kappa shape index (κ2) is 6.75. The van der Waals surface area contributed by atoms with Crippen molar-refractivity contribution in [1.29, 1.82) is 0 Å². The number of piperidine rings is 1. The van der Waals surface area contributed by atoms with E-state index in [0.29, 0.717) is 13.1 Å². The lowest BCUT2D eigenvalue weighted by molar-refractivity contribution is 0.000108. The first-order valence-corrected chi connectivity index (χ1v) is 8.34. The van der Waals surface area contributed by atoms with E-state index in [-0.39, 0.29) is 23.2 Å². The number of carbonyl (C=O) groups is 1. The number of hydrogen-bond acceptors (Lipinski definition) is 4. The van der Waals surface area contributed by atoms with Crippen LogP contribution in [0, 0.1) is 0 Å². The van der Waals surface area contributed by atoms with E-state index in [9.17, 15) is 4.79 Å². The molecule has 1 aliphatic heterocycles. The number of amides is 1. The van der Waals surface area contributed by atoms with Crippen LogP contribution in [0.3, 0.4) is 0 Å². The van der Waals surface area contributed by atoms with Gasteiger partial charge in [-0.15, -0.1) is 0 Å². The van der Waals surface area contributed by atoms with Crippen molar-refractivity contribution in [2.24, 2.45) is 5.73 Å². The molecule has 0 radical (unpaired) electrons. The molecule has 0 aromatic carbocycles. The zero-order valence-corrected chi connectivity index (χ0v) is 15.5. The highest BCUT2D eigenvalue weighted by atomic mass is 16.6. The molecular formula is C17H35N3O2. The lowest BCUT2D eigenvalue weighted by Crippen LogP contribution is -2.63. The van der Waals surface area contributed by atoms with E-state index in [2.05, 4.69) is 33.0 Å². The Hall–Kier alpha value is -0.810. The molecule has 1 aliphatic rings. The Morgan fingerprint density at radius 3 is 2.14 bits per heavy atom. The first-order chi connectivity index (χ1) is 9.85. The summed E-state index contributed by atoms with van der Waals surface area (Å²) < 4.78 is 5.61. The summed E-state index contributed by atoms with van der Waals surface area (Å²) in [6, 6.07) is 0.174. The van der Waals surface area contributed by atoms with Crippen LogP contribution in [0.1, 0.15) is 67.7 Å². The first kappa shape index (κ1) is 19.2. The van der Waals surface area contributed by atoms with Crippen LogP contribution in [0.25, 0.3) is 0 Å². The van der Waals surface area contributed by atoms with Crippen molar-refractivity contribution < 1.29 is 9.53 Å². The molecule has 0 bridgehead atoms. The maximum Gasteiger partial charge on any atom is 0.410 e. The SMILES string of the molecule is CC1(C)CC(N(CCCN)C(=O)OC(C)(C)C)CC(C)(C)N1. The number of nitrogens with one attached hydrogen (secondary N) is 1. The molecule has 3 N–H and O–H groups in total. The predicted molar refractivity (Wildman–Crippen MR) is 90.9 cm³/mol. The van der Waals surface area contributed by atoms with Crippen molar-refractivity contribution in [1.82, 2.24) is 10.2 Å². The molecule has 5 nitrogen and oxygen atoms in total. The van der Waals surface area contributed by atoms with Gasteiger partial charge >= 0.3 is 6.09 Å². The standard InChI is InChI=1S/C17H35N3O2/c1-15(2,3)22-14(21)20(10-8-9-18)13-11-16(4,5)19-17(6,7)12-13/h13,19H,8-12,18H2,1-7H3. The molecule has 0 aromatic heterocycles. The highest BCUT2D eigenvalue weighted by Crippen LogP contribution is 2.32. The molecule has 1 fully saturated rings. The fourth-order valence-corrected chi connectivity index (χ4v) is 3.49. The predicted octanol–water partition coefficient (Wildman–Crippen LogP) is 2.88. The molecule has 5 heteroatoms. The summed E-state index contributed by atoms with van der Waals surface area (Å²) >= 11 is 0. The van der Waals surface area contributed by atoms with Crippen LogP contribution in [0.4, 0.5) is 4.79 Å². The maximum atomic E-state index is 12.6. The van der Waals surface area contributed by atoms with Crippen molar-refractivity contribution in [2.75, 3.05) is 13.1 Å². The molecule has 0 unspecified atom stereocenters. The Morgan fingerprint density at radius 2 is 1.73 bits per heavy atom. The van der Waals surface area contributed by atoms with Gasteiger partial charge in [-0.3, -0.25) is 0 Å². The molecule has 0 aromatic rings. The molecule has 0 saturated carbocycles. The summed E-state index contributed by atoms with van der Waals surface area (Å²) in [6.07, 6.45) is 2.41. The fourth-order valence-electron chi connectivity index (χ4n) is 3.49. The van der Waals surface area contributed by atoms with Crippen molar-refractivity contribution in [3.05, 3.63) is 0 Å². The number of hydrogen-bond donors (Lipinski definition) is 2. The molecular weight excluding hydrogens is 278 g/mol. The van der Waals surface area contributed by atoms with Crippen LogP contribution in [0.2, 0.25) is 0 Å². The van der Waals surface area contributed by atoms with Gasteiger partial charge in [-0.1, -0.05) is 0 Å². The summed E-state index contributed by atoms with van der Waals surface area (Å²) in [6.45, 7) is 15.7. The van der Waals surface area contributed by atoms with E-state index < -0.39 is 5.60 Å². The normalized spacial score (nSPS) is 21.5. The Bertz CT molecular complexity index is 370. The van der Waals surface area contributed by atoms with Crippen LogP contribution in [-0.4, -0.2) is 46.8 Å². The fraction of sp³-hybridized carbons (Fsp3) is 0.941. The Kier molecular flexibility index (Phi) is 5.90. The second-order valence-corrected chi connectivity index (χ2v) is 8.77. The minimum Gasteiger partial charge on any atom is -0.444 e. The topological polar surface area (TPSA) is 67.6 Å². The van der Waals surface area contributed by atoms with Crippen LogP contribution in [0.15, 0.2) is 0 Å². The van der Waals surface area contributed by atoms with Gasteiger partial charge in [0.1, 0.15) is 5.60 Å². The van der Waals surface area contributed by atoms with Gasteiger partial charge in [-0.25, -0.2) is 4.79 Å². The van der Waals surface area contributed by atoms with Gasteiger partial charge in [-0.05, 0) is 74.3 Å². The third-order valence-electron chi connectivity index (χ3n) is 3.84. The van der Waals surface area contributed by atoms with Gasteiger partial charge in [0, 0.05) is 23.7 Å². The van der Waals surface area contributed by atoms with Crippen molar-refractivity contribution in [3.8, 4) is 0 Å². The number of carbonyl (C=O) groups excluding carboxylic acids is 1. The van der Waals surface area contributed by atoms with Gasteiger partial charge in [-0.2, -0.15) is 0 Å². The van der Waals surface area contributed by atoms with E-state index in [1.165, 1.54) is 0 Å². The van der Waals surface area contributed by atoms with Crippen molar-refractivity contribution in [2.45, 2.75) is 90.4 Å². The zero-order chi connectivity index (χ0) is 17.2. The summed E-state index contributed by atoms with van der Waals surface area (Å²) in [5, 5.41) is 3.66. The van der Waals surface area contributed by atoms with Crippen LogP contribution in [0.5, 0.6) is 0 Å². The minimum atomic E-state index is -0.476. The molecule has 22 heavy (non-hydrogen) atoms. The van der Waals surface area contributed by atoms with E-state index >= 15 is 0 Å². The summed E-state index contributed by atoms with van der Waals surface area (Å²) in [5.41, 5.74) is 5.16. The van der Waals surface area contributed by atoms with Crippen LogP contribution < -0.4 is 11.1 Å². The molecule has 0 aliphatic carbocycles. The van der Waals surface area contributed by atoms with Gasteiger partial charge in [0.2, 0.25) is 0 Å². The summed E-state index contributed by atoms with van der Waals surface area (Å²) in [4.78, 5) is 14.5. The molecule has 1 saturated heterocycles. The average Bonchev–Trinajstić information content (AvgIpc) is 2.22. The lowest BCUT2D eigenvalue weighted by atomic mass is 9.79. The average molecular weight is 313 g/mol. The number of rotatable bonds is 4. The van der Waals surface area contributed by atoms with Gasteiger partial charge < -0.3 is 20.7 Å². The lowest BCUT2D eigenvalue weighted by Gasteiger charge is -2.49. The van der Waals surface area contributed by atoms with Gasteiger partial charge in [0.25, 0.3) is 0 Å². The zero-order valence-electron chi connectivity index (χ0n) is 15.5. The molecule has 1 rings (SSSR count). The molecule has 130 valence electrons. The third-order valence-corrected chi connectivity index (χ3v) is 3.84. The maximum absolute atomic E-state index is 12.6. The number of ether oxygens (including phenoxy) is 1. The largest absolute Gasteiger partial charge is 0.444 e. The van der Waals surface area contributed by atoms with Gasteiger partial charge in [0.05, 0.1) is 0 Å². The highest BCUT2D eigenvalue weighted by molar-refractivity contribution is 5.68. The smallest absolute Gasteiger partial charge is 0.410 e. The van der Waals surface area contributed by atoms with Crippen molar-refractivity contribution >= 4 is 6.09 Å². The molecule has 0 spiro atoms. The van der Waals surface area contributed by atoms with Gasteiger partial charge in [0.15, 0.2) is 0 Å². The Morgan fingerprint density at radius 1 is 1.23 bits per heavy atom. The first-order valence-electron chi connectivity index (χ1n) is 8.34. The molecule has 1 amide bonds. The summed E-state index contributed by atoms with van der Waals surface area (Å²) in [7, 11) is 0. The number of nitrogens with two attached hydrogens (primary N) is 1. The number of nitrogens with zero attached hydrogens (tertiary/aromatic N) is 1. The van der Waals surface area contributed by atoms with E-state index in [0.717, 1.165) is 19.3 Å². The highest BCUT2D eigenvalue weighted by Gasteiger charge is 2.41. The van der Waals surface area contributed by atoms with Crippen molar-refractivity contribution in [3.63, 3.8) is 0 Å². The Labute approximate surface area is 135 Å². The quantitative estimate of drug-likeness (QED) is 0.837. The second-order valence-electron chi connectivity index (χ2n) is 8.77. The summed E-state index contributed by atoms with van der Waals surface area (Å²) in [5.74, 6) is 0. The van der Waals surface area contributed by atoms with E-state index in [1.807, 2.05) is 25.7 Å².